The molecule has 1 fully saturated rings. The number of carbonyl (C=O) groups excluding carboxylic acids is 1. The van der Waals surface area contributed by atoms with Crippen molar-refractivity contribution in [3.63, 3.8) is 0 Å². The largest absolute Gasteiger partial charge is 0.334 e. The Bertz CT molecular complexity index is 361. The summed E-state index contributed by atoms with van der Waals surface area (Å²) in [5.41, 5.74) is 1.01. The first kappa shape index (κ1) is 11.9. The highest BCUT2D eigenvalue weighted by molar-refractivity contribution is 7.97. The Labute approximate surface area is 103 Å². The predicted octanol–water partition coefficient (Wildman–Crippen LogP) is 1.05. The van der Waals surface area contributed by atoms with Crippen molar-refractivity contribution in [3.8, 4) is 0 Å². The molecule has 2 rings (SSSR count). The molecule has 1 aromatic rings. The smallest absolute Gasteiger partial charge is 0.282 e. The molecule has 2 heterocycles. The number of carbonyl (C=O) groups is 1. The van der Waals surface area contributed by atoms with Gasteiger partial charge in [0.05, 0.1) is 5.69 Å². The van der Waals surface area contributed by atoms with Crippen molar-refractivity contribution in [3.05, 3.63) is 16.1 Å². The highest BCUT2D eigenvalue weighted by atomic mass is 32.2. The molecule has 6 heteroatoms. The van der Waals surface area contributed by atoms with E-state index < -0.39 is 0 Å². The van der Waals surface area contributed by atoms with Gasteiger partial charge in [-0.15, -0.1) is 11.3 Å². The van der Waals surface area contributed by atoms with E-state index in [2.05, 4.69) is 10.3 Å². The first-order valence-corrected chi connectivity index (χ1v) is 7.52. The topological polar surface area (TPSA) is 45.2 Å². The monoisotopic (exact) mass is 257 g/mol. The maximum Gasteiger partial charge on any atom is 0.282 e. The average molecular weight is 257 g/mol. The van der Waals surface area contributed by atoms with Crippen molar-refractivity contribution in [2.45, 2.75) is 5.75 Å². The van der Waals surface area contributed by atoms with E-state index in [0.29, 0.717) is 5.01 Å². The third-order valence-corrected chi connectivity index (χ3v) is 3.89. The first-order valence-electron chi connectivity index (χ1n) is 5.24. The van der Waals surface area contributed by atoms with Gasteiger partial charge in [0, 0.05) is 37.3 Å². The van der Waals surface area contributed by atoms with E-state index in [4.69, 9.17) is 0 Å². The standard InChI is InChI=1S/C10H15N3OS2/c1-15-6-8-7-16-9(12-8)10(14)13-4-2-11-3-5-13/h7,11H,2-6H2,1H3. The summed E-state index contributed by atoms with van der Waals surface area (Å²) in [6.45, 7) is 3.34. The van der Waals surface area contributed by atoms with Gasteiger partial charge in [0.25, 0.3) is 5.91 Å². The summed E-state index contributed by atoms with van der Waals surface area (Å²) < 4.78 is 0. The molecule has 1 saturated heterocycles. The van der Waals surface area contributed by atoms with Crippen LogP contribution in [0.25, 0.3) is 0 Å². The third kappa shape index (κ3) is 2.75. The highest BCUT2D eigenvalue weighted by Crippen LogP contribution is 2.16. The quantitative estimate of drug-likeness (QED) is 0.879. The fourth-order valence-electron chi connectivity index (χ4n) is 1.62. The van der Waals surface area contributed by atoms with E-state index in [9.17, 15) is 4.79 Å². The molecule has 0 radical (unpaired) electrons. The van der Waals surface area contributed by atoms with Crippen molar-refractivity contribution < 1.29 is 4.79 Å². The number of nitrogens with one attached hydrogen (secondary N) is 1. The maximum atomic E-state index is 12.1. The number of aromatic nitrogens is 1. The fourth-order valence-corrected chi connectivity index (χ4v) is 2.96. The molecule has 0 aliphatic carbocycles. The van der Waals surface area contributed by atoms with E-state index in [0.717, 1.165) is 37.6 Å². The fraction of sp³-hybridized carbons (Fsp3) is 0.600. The normalized spacial score (nSPS) is 16.4. The molecule has 0 saturated carbocycles. The van der Waals surface area contributed by atoms with Gasteiger partial charge in [-0.05, 0) is 6.26 Å². The van der Waals surface area contributed by atoms with Crippen molar-refractivity contribution >= 4 is 29.0 Å². The van der Waals surface area contributed by atoms with Crippen LogP contribution < -0.4 is 5.32 Å². The van der Waals surface area contributed by atoms with E-state index in [1.165, 1.54) is 11.3 Å². The van der Waals surface area contributed by atoms with Crippen LogP contribution in [0.5, 0.6) is 0 Å². The summed E-state index contributed by atoms with van der Waals surface area (Å²) in [7, 11) is 0. The molecule has 88 valence electrons. The average Bonchev–Trinajstić information content (AvgIpc) is 2.78. The van der Waals surface area contributed by atoms with Crippen molar-refractivity contribution in [2.75, 3.05) is 32.4 Å². The summed E-state index contributed by atoms with van der Waals surface area (Å²) in [6, 6.07) is 0. The molecule has 0 spiro atoms. The predicted molar refractivity (Wildman–Crippen MR) is 68.1 cm³/mol. The lowest BCUT2D eigenvalue weighted by atomic mass is 10.3. The van der Waals surface area contributed by atoms with Crippen LogP contribution in [0.1, 0.15) is 15.5 Å². The Morgan fingerprint density at radius 1 is 1.62 bits per heavy atom. The molecule has 0 unspecified atom stereocenters. The number of rotatable bonds is 3. The first-order chi connectivity index (χ1) is 7.81. The van der Waals surface area contributed by atoms with Crippen LogP contribution in [0.3, 0.4) is 0 Å². The molecule has 1 N–H and O–H groups in total. The van der Waals surface area contributed by atoms with Crippen LogP contribution in [-0.2, 0) is 5.75 Å². The summed E-state index contributed by atoms with van der Waals surface area (Å²) in [6.07, 6.45) is 2.04. The third-order valence-electron chi connectivity index (χ3n) is 2.43. The van der Waals surface area contributed by atoms with Gasteiger partial charge in [0.2, 0.25) is 0 Å². The van der Waals surface area contributed by atoms with Gasteiger partial charge in [-0.1, -0.05) is 0 Å². The van der Waals surface area contributed by atoms with Gasteiger partial charge >= 0.3 is 0 Å². The molecule has 1 aliphatic rings. The molecule has 16 heavy (non-hydrogen) atoms. The summed E-state index contributed by atoms with van der Waals surface area (Å²) >= 11 is 3.18. The minimum absolute atomic E-state index is 0.0823. The molecule has 0 aromatic carbocycles. The van der Waals surface area contributed by atoms with Crippen LogP contribution in [-0.4, -0.2) is 48.2 Å². The number of hydrogen-bond donors (Lipinski definition) is 1. The van der Waals surface area contributed by atoms with Crippen molar-refractivity contribution in [1.82, 2.24) is 15.2 Å². The van der Waals surface area contributed by atoms with Gasteiger partial charge in [-0.25, -0.2) is 4.98 Å². The molecular weight excluding hydrogens is 242 g/mol. The zero-order valence-corrected chi connectivity index (χ0v) is 10.9. The van der Waals surface area contributed by atoms with Crippen LogP contribution >= 0.6 is 23.1 Å². The van der Waals surface area contributed by atoms with Crippen LogP contribution in [0, 0.1) is 0 Å². The zero-order chi connectivity index (χ0) is 11.4. The highest BCUT2D eigenvalue weighted by Gasteiger charge is 2.20. The number of thiazole rings is 1. The molecule has 0 atom stereocenters. The second-order valence-electron chi connectivity index (χ2n) is 3.62. The lowest BCUT2D eigenvalue weighted by Gasteiger charge is -2.26. The second kappa shape index (κ2) is 5.65. The minimum atomic E-state index is 0.0823. The van der Waals surface area contributed by atoms with E-state index in [-0.39, 0.29) is 5.91 Å². The Morgan fingerprint density at radius 3 is 3.06 bits per heavy atom. The Morgan fingerprint density at radius 2 is 2.38 bits per heavy atom. The number of amides is 1. The summed E-state index contributed by atoms with van der Waals surface area (Å²) in [5.74, 6) is 0.963. The number of piperazine rings is 1. The maximum absolute atomic E-state index is 12.1. The molecule has 1 aromatic heterocycles. The SMILES string of the molecule is CSCc1csc(C(=O)N2CCNCC2)n1. The molecule has 1 aliphatic heterocycles. The number of nitrogens with zero attached hydrogens (tertiary/aromatic N) is 2. The van der Waals surface area contributed by atoms with Gasteiger partial charge in [0.15, 0.2) is 5.01 Å². The van der Waals surface area contributed by atoms with E-state index in [1.807, 2.05) is 16.5 Å². The zero-order valence-electron chi connectivity index (χ0n) is 9.23. The molecule has 0 bridgehead atoms. The van der Waals surface area contributed by atoms with Crippen LogP contribution in [0.2, 0.25) is 0 Å². The molecule has 4 nitrogen and oxygen atoms in total. The molecular formula is C10H15N3OS2. The Hall–Kier alpha value is -0.590. The Balaban J connectivity index is 2.01. The van der Waals surface area contributed by atoms with Crippen molar-refractivity contribution in [2.24, 2.45) is 0 Å². The Kier molecular flexibility index (Phi) is 4.20. The van der Waals surface area contributed by atoms with Crippen LogP contribution in [0.4, 0.5) is 0 Å². The van der Waals surface area contributed by atoms with Crippen molar-refractivity contribution in [1.29, 1.82) is 0 Å². The lowest BCUT2D eigenvalue weighted by Crippen LogP contribution is -2.46. The molecule has 1 amide bonds. The van der Waals surface area contributed by atoms with Gasteiger partial charge < -0.3 is 10.2 Å². The van der Waals surface area contributed by atoms with E-state index in [1.54, 1.807) is 11.8 Å². The van der Waals surface area contributed by atoms with Crippen LogP contribution in [0.15, 0.2) is 5.38 Å². The number of thioether (sulfide) groups is 1. The summed E-state index contributed by atoms with van der Waals surface area (Å²) in [4.78, 5) is 18.3. The second-order valence-corrected chi connectivity index (χ2v) is 5.34. The van der Waals surface area contributed by atoms with E-state index >= 15 is 0 Å². The van der Waals surface area contributed by atoms with Gasteiger partial charge in [-0.2, -0.15) is 11.8 Å². The lowest BCUT2D eigenvalue weighted by molar-refractivity contribution is 0.0735. The van der Waals surface area contributed by atoms with Gasteiger partial charge in [0.1, 0.15) is 0 Å². The minimum Gasteiger partial charge on any atom is -0.334 e. The van der Waals surface area contributed by atoms with Gasteiger partial charge in [-0.3, -0.25) is 4.79 Å². The summed E-state index contributed by atoms with van der Waals surface area (Å²) in [5, 5.41) is 5.84. The number of hydrogen-bond acceptors (Lipinski definition) is 5.